The molecule has 0 saturated carbocycles. The molecule has 6 nitrogen and oxygen atoms in total. The summed E-state index contributed by atoms with van der Waals surface area (Å²) in [4.78, 5) is 12.2. The summed E-state index contributed by atoms with van der Waals surface area (Å²) in [7, 11) is 0. The summed E-state index contributed by atoms with van der Waals surface area (Å²) in [6.07, 6.45) is 0. The highest BCUT2D eigenvalue weighted by Gasteiger charge is 2.19. The number of benzene rings is 9. The van der Waals surface area contributed by atoms with E-state index in [0.717, 1.165) is 89.3 Å². The van der Waals surface area contributed by atoms with Crippen LogP contribution in [0.25, 0.3) is 83.6 Å². The van der Waals surface area contributed by atoms with E-state index < -0.39 is 0 Å². The zero-order valence-electron chi connectivity index (χ0n) is 35.6. The Morgan fingerprint density at radius 2 is 0.848 bits per heavy atom. The number of nitrogens with zero attached hydrogens (tertiary/aromatic N) is 6. The Kier molecular flexibility index (Phi) is 10.2. The van der Waals surface area contributed by atoms with E-state index in [1.165, 1.54) is 0 Å². The first-order valence-corrected chi connectivity index (χ1v) is 21.8. The van der Waals surface area contributed by atoms with Gasteiger partial charge in [-0.05, 0) is 95.6 Å². The maximum Gasteiger partial charge on any atom is 0.160 e. The molecule has 0 aliphatic heterocycles. The van der Waals surface area contributed by atoms with E-state index >= 15 is 0 Å². The van der Waals surface area contributed by atoms with E-state index in [9.17, 15) is 10.5 Å². The largest absolute Gasteiger partial charge is 0.310 e. The molecular formula is C60H38N6. The average molecular weight is 843 g/mol. The van der Waals surface area contributed by atoms with Crippen molar-refractivity contribution in [1.82, 2.24) is 14.5 Å². The van der Waals surface area contributed by atoms with E-state index in [0.29, 0.717) is 22.5 Å². The lowest BCUT2D eigenvalue weighted by Gasteiger charge is -2.25. The SMILES string of the molecule is N#Cc1cc(-c2ccc(-c3cc(-c4ccccc4)nc(-c4ccccc4)n3)cc2)cc(C#N)c1-c1ccc(-n2c3ccccc3c3cc(N(c4ccccc4)c4ccccc4)ccc32)cc1. The van der Waals surface area contributed by atoms with E-state index in [-0.39, 0.29) is 0 Å². The van der Waals surface area contributed by atoms with Gasteiger partial charge in [0.15, 0.2) is 5.82 Å². The summed E-state index contributed by atoms with van der Waals surface area (Å²) < 4.78 is 2.28. The molecule has 0 spiro atoms. The van der Waals surface area contributed by atoms with Crippen LogP contribution in [0.1, 0.15) is 11.1 Å². The van der Waals surface area contributed by atoms with Crippen molar-refractivity contribution in [1.29, 1.82) is 10.5 Å². The maximum atomic E-state index is 10.6. The van der Waals surface area contributed by atoms with Crippen LogP contribution in [0.2, 0.25) is 0 Å². The van der Waals surface area contributed by atoms with Crippen LogP contribution in [-0.2, 0) is 0 Å². The molecule has 0 saturated heterocycles. The smallest absolute Gasteiger partial charge is 0.160 e. The molecule has 11 aromatic rings. The van der Waals surface area contributed by atoms with E-state index in [1.807, 2.05) is 115 Å². The Morgan fingerprint density at radius 1 is 0.364 bits per heavy atom. The molecule has 2 heterocycles. The topological polar surface area (TPSA) is 81.5 Å². The molecule has 6 heteroatoms. The molecule has 0 aliphatic rings. The number of anilines is 3. The number of aromatic nitrogens is 3. The van der Waals surface area contributed by atoms with E-state index in [4.69, 9.17) is 9.97 Å². The molecule has 308 valence electrons. The van der Waals surface area contributed by atoms with E-state index in [2.05, 4.69) is 137 Å². The van der Waals surface area contributed by atoms with Crippen LogP contribution in [-0.4, -0.2) is 14.5 Å². The van der Waals surface area contributed by atoms with Gasteiger partial charge in [-0.15, -0.1) is 0 Å². The van der Waals surface area contributed by atoms with Crippen LogP contribution in [0.5, 0.6) is 0 Å². The minimum absolute atomic E-state index is 0.433. The van der Waals surface area contributed by atoms with Crippen LogP contribution in [0, 0.1) is 22.7 Å². The molecule has 0 N–H and O–H groups in total. The van der Waals surface area contributed by atoms with Crippen molar-refractivity contribution in [2.45, 2.75) is 0 Å². The molecule has 0 bridgehead atoms. The zero-order valence-corrected chi connectivity index (χ0v) is 35.6. The minimum atomic E-state index is 0.433. The summed E-state index contributed by atoms with van der Waals surface area (Å²) in [5.41, 5.74) is 14.8. The lowest BCUT2D eigenvalue weighted by Crippen LogP contribution is -2.09. The van der Waals surface area contributed by atoms with Gasteiger partial charge in [-0.1, -0.05) is 152 Å². The van der Waals surface area contributed by atoms with Crippen molar-refractivity contribution < 1.29 is 0 Å². The fourth-order valence-electron chi connectivity index (χ4n) is 8.95. The maximum absolute atomic E-state index is 10.6. The Morgan fingerprint density at radius 3 is 1.44 bits per heavy atom. The lowest BCUT2D eigenvalue weighted by molar-refractivity contribution is 1.18. The molecule has 9 aromatic carbocycles. The van der Waals surface area contributed by atoms with Gasteiger partial charge in [0, 0.05) is 55.8 Å². The first-order chi connectivity index (χ1) is 32.6. The van der Waals surface area contributed by atoms with Crippen molar-refractivity contribution in [3.63, 3.8) is 0 Å². The molecule has 66 heavy (non-hydrogen) atoms. The van der Waals surface area contributed by atoms with Gasteiger partial charge in [-0.2, -0.15) is 10.5 Å². The molecule has 0 fully saturated rings. The molecular weight excluding hydrogens is 805 g/mol. The van der Waals surface area contributed by atoms with Gasteiger partial charge in [0.25, 0.3) is 0 Å². The molecule has 0 aliphatic carbocycles. The van der Waals surface area contributed by atoms with Crippen LogP contribution in [0.4, 0.5) is 17.1 Å². The first-order valence-electron chi connectivity index (χ1n) is 21.8. The molecule has 11 rings (SSSR count). The van der Waals surface area contributed by atoms with Gasteiger partial charge in [0.05, 0.1) is 45.7 Å². The standard InChI is InChI=1S/C60H38N6/c61-39-47-35-46(41-25-27-43(28-26-41)56-38-55(42-15-5-1-6-16-42)63-60(64-56)45-17-7-2-8-18-45)36-48(40-62)59(47)44-29-31-51(32-30-44)66-57-24-14-13-23-53(57)54-37-52(33-34-58(54)66)65(49-19-9-3-10-20-49)50-21-11-4-12-22-50/h1-38H. The first kappa shape index (κ1) is 39.5. The van der Waals surface area contributed by atoms with Gasteiger partial charge >= 0.3 is 0 Å². The van der Waals surface area contributed by atoms with Crippen LogP contribution in [0.15, 0.2) is 231 Å². The number of rotatable bonds is 9. The van der Waals surface area contributed by atoms with Crippen molar-refractivity contribution >= 4 is 38.9 Å². The second-order valence-electron chi connectivity index (χ2n) is 16.0. The Bertz CT molecular complexity index is 3490. The molecule has 0 unspecified atom stereocenters. The predicted molar refractivity (Wildman–Crippen MR) is 268 cm³/mol. The summed E-state index contributed by atoms with van der Waals surface area (Å²) in [5, 5.41) is 23.4. The summed E-state index contributed by atoms with van der Waals surface area (Å²) in [6, 6.07) is 83.0. The van der Waals surface area contributed by atoms with Crippen molar-refractivity contribution in [3.8, 4) is 74.0 Å². The number of para-hydroxylation sites is 3. The number of fused-ring (bicyclic) bond motifs is 3. The van der Waals surface area contributed by atoms with Crippen molar-refractivity contribution in [2.75, 3.05) is 4.90 Å². The lowest BCUT2D eigenvalue weighted by atomic mass is 9.90. The monoisotopic (exact) mass is 842 g/mol. The number of nitriles is 2. The normalized spacial score (nSPS) is 11.0. The summed E-state index contributed by atoms with van der Waals surface area (Å²) in [5.74, 6) is 0.649. The van der Waals surface area contributed by atoms with Crippen LogP contribution in [0.3, 0.4) is 0 Å². The highest BCUT2D eigenvalue weighted by atomic mass is 15.1. The highest BCUT2D eigenvalue weighted by molar-refractivity contribution is 6.10. The minimum Gasteiger partial charge on any atom is -0.310 e. The number of hydrogen-bond donors (Lipinski definition) is 0. The molecule has 0 atom stereocenters. The molecule has 0 radical (unpaired) electrons. The molecule has 0 amide bonds. The van der Waals surface area contributed by atoms with Gasteiger partial charge < -0.3 is 9.47 Å². The Hall–Kier alpha value is -9.36. The van der Waals surface area contributed by atoms with Crippen molar-refractivity contribution in [3.05, 3.63) is 242 Å². The second-order valence-corrected chi connectivity index (χ2v) is 16.0. The van der Waals surface area contributed by atoms with Crippen molar-refractivity contribution in [2.24, 2.45) is 0 Å². The van der Waals surface area contributed by atoms with Crippen LogP contribution < -0.4 is 4.90 Å². The highest BCUT2D eigenvalue weighted by Crippen LogP contribution is 2.41. The quantitative estimate of drug-likeness (QED) is 0.145. The number of hydrogen-bond acceptors (Lipinski definition) is 5. The van der Waals surface area contributed by atoms with Gasteiger partial charge in [-0.25, -0.2) is 9.97 Å². The zero-order chi connectivity index (χ0) is 44.4. The molecule has 2 aromatic heterocycles. The summed E-state index contributed by atoms with van der Waals surface area (Å²) in [6.45, 7) is 0. The second kappa shape index (κ2) is 17.1. The fourth-order valence-corrected chi connectivity index (χ4v) is 8.95. The van der Waals surface area contributed by atoms with Gasteiger partial charge in [-0.3, -0.25) is 0 Å². The van der Waals surface area contributed by atoms with Gasteiger partial charge in [0.1, 0.15) is 0 Å². The average Bonchev–Trinajstić information content (AvgIpc) is 3.73. The third kappa shape index (κ3) is 7.31. The van der Waals surface area contributed by atoms with Crippen LogP contribution >= 0.6 is 0 Å². The third-order valence-corrected chi connectivity index (χ3v) is 12.1. The van der Waals surface area contributed by atoms with E-state index in [1.54, 1.807) is 0 Å². The summed E-state index contributed by atoms with van der Waals surface area (Å²) >= 11 is 0. The Balaban J connectivity index is 0.930. The third-order valence-electron chi connectivity index (χ3n) is 12.1. The van der Waals surface area contributed by atoms with Gasteiger partial charge in [0.2, 0.25) is 0 Å². The fraction of sp³-hybridized carbons (Fsp3) is 0. The predicted octanol–water partition coefficient (Wildman–Crippen LogP) is 15.1. The Labute approximate surface area is 382 Å².